The molecule has 0 saturated carbocycles. The summed E-state index contributed by atoms with van der Waals surface area (Å²) in [6.45, 7) is 8.51. The second kappa shape index (κ2) is 10.1. The Morgan fingerprint density at radius 3 is 2.50 bits per heavy atom. The first-order valence-electron chi connectivity index (χ1n) is 6.85. The number of hydrogen-bond donors (Lipinski definition) is 0. The fourth-order valence-corrected chi connectivity index (χ4v) is 1.63. The van der Waals surface area contributed by atoms with Crippen molar-refractivity contribution in [1.82, 2.24) is 0 Å². The lowest BCUT2D eigenvalue weighted by atomic mass is 10.0. The van der Waals surface area contributed by atoms with Crippen LogP contribution in [-0.2, 0) is 9.53 Å². The predicted octanol–water partition coefficient (Wildman–Crippen LogP) is 4.31. The van der Waals surface area contributed by atoms with Crippen molar-refractivity contribution in [2.45, 2.75) is 59.5 Å². The number of allylic oxidation sites excluding steroid dienone is 4. The number of ketones is 1. The van der Waals surface area contributed by atoms with Gasteiger partial charge in [-0.15, -0.1) is 0 Å². The highest BCUT2D eigenvalue weighted by atomic mass is 16.5. The van der Waals surface area contributed by atoms with Crippen molar-refractivity contribution >= 4 is 5.78 Å². The van der Waals surface area contributed by atoms with E-state index in [1.54, 1.807) is 13.2 Å². The second-order valence-corrected chi connectivity index (χ2v) is 5.37. The molecule has 0 heterocycles. The van der Waals surface area contributed by atoms with Crippen LogP contribution >= 0.6 is 0 Å². The number of carbonyl (C=O) groups excluding carboxylic acids is 1. The van der Waals surface area contributed by atoms with E-state index in [2.05, 4.69) is 20.8 Å². The van der Waals surface area contributed by atoms with E-state index in [4.69, 9.17) is 4.74 Å². The number of carbonyl (C=O) groups is 1. The van der Waals surface area contributed by atoms with Crippen molar-refractivity contribution in [3.05, 3.63) is 23.8 Å². The maximum Gasteiger partial charge on any atom is 0.158 e. The van der Waals surface area contributed by atoms with Crippen molar-refractivity contribution < 1.29 is 9.53 Å². The number of hydrogen-bond acceptors (Lipinski definition) is 2. The minimum Gasteiger partial charge on any atom is -0.381 e. The van der Waals surface area contributed by atoms with Crippen molar-refractivity contribution in [2.75, 3.05) is 7.11 Å². The Kier molecular flexibility index (Phi) is 9.57. The third kappa shape index (κ3) is 10.3. The molecule has 0 aliphatic rings. The van der Waals surface area contributed by atoms with Crippen LogP contribution in [0.1, 0.15) is 53.4 Å². The monoisotopic (exact) mass is 252 g/mol. The van der Waals surface area contributed by atoms with Crippen LogP contribution in [0.4, 0.5) is 0 Å². The van der Waals surface area contributed by atoms with E-state index in [9.17, 15) is 4.79 Å². The average Bonchev–Trinajstić information content (AvgIpc) is 2.28. The van der Waals surface area contributed by atoms with Crippen LogP contribution in [0.15, 0.2) is 23.8 Å². The topological polar surface area (TPSA) is 26.3 Å². The summed E-state index contributed by atoms with van der Waals surface area (Å²) in [6, 6.07) is 0. The van der Waals surface area contributed by atoms with Crippen LogP contribution in [0.3, 0.4) is 0 Å². The molecule has 1 unspecified atom stereocenters. The summed E-state index contributed by atoms with van der Waals surface area (Å²) in [7, 11) is 1.63. The van der Waals surface area contributed by atoms with E-state index in [1.807, 2.05) is 19.1 Å². The van der Waals surface area contributed by atoms with Crippen LogP contribution in [-0.4, -0.2) is 19.0 Å². The molecule has 0 bridgehead atoms. The first kappa shape index (κ1) is 17.1. The first-order chi connectivity index (χ1) is 8.45. The van der Waals surface area contributed by atoms with Gasteiger partial charge in [-0.1, -0.05) is 38.0 Å². The molecule has 0 aromatic heterocycles. The van der Waals surface area contributed by atoms with Gasteiger partial charge in [-0.3, -0.25) is 4.79 Å². The van der Waals surface area contributed by atoms with Crippen LogP contribution in [0.2, 0.25) is 0 Å². The van der Waals surface area contributed by atoms with Gasteiger partial charge in [-0.05, 0) is 38.7 Å². The molecule has 0 aromatic carbocycles. The van der Waals surface area contributed by atoms with Crippen LogP contribution in [0.5, 0.6) is 0 Å². The zero-order valence-corrected chi connectivity index (χ0v) is 12.5. The quantitative estimate of drug-likeness (QED) is 0.451. The van der Waals surface area contributed by atoms with Crippen molar-refractivity contribution in [3.8, 4) is 0 Å². The molecule has 0 aromatic rings. The number of rotatable bonds is 9. The normalized spacial score (nSPS) is 14.4. The Balaban J connectivity index is 3.93. The third-order valence-corrected chi connectivity index (χ3v) is 2.91. The van der Waals surface area contributed by atoms with Crippen LogP contribution in [0.25, 0.3) is 0 Å². The summed E-state index contributed by atoms with van der Waals surface area (Å²) < 4.78 is 5.05. The van der Waals surface area contributed by atoms with Crippen LogP contribution in [0, 0.1) is 5.92 Å². The van der Waals surface area contributed by atoms with E-state index in [1.165, 1.54) is 18.4 Å². The summed E-state index contributed by atoms with van der Waals surface area (Å²) in [6.07, 6.45) is 9.59. The van der Waals surface area contributed by atoms with E-state index in [0.29, 0.717) is 6.42 Å². The van der Waals surface area contributed by atoms with E-state index in [-0.39, 0.29) is 11.9 Å². The molecule has 0 radical (unpaired) electrons. The molecule has 0 aliphatic heterocycles. The van der Waals surface area contributed by atoms with Gasteiger partial charge in [0.25, 0.3) is 0 Å². The largest absolute Gasteiger partial charge is 0.381 e. The molecule has 2 heteroatoms. The first-order valence-corrected chi connectivity index (χ1v) is 6.85. The zero-order chi connectivity index (χ0) is 14.0. The Bertz CT molecular complexity index is 287. The van der Waals surface area contributed by atoms with Crippen molar-refractivity contribution in [1.29, 1.82) is 0 Å². The van der Waals surface area contributed by atoms with Crippen molar-refractivity contribution in [3.63, 3.8) is 0 Å². The molecular formula is C16H28O2. The minimum absolute atomic E-state index is 0.00160. The molecule has 2 nitrogen and oxygen atoms in total. The highest BCUT2D eigenvalue weighted by Gasteiger charge is 2.03. The van der Waals surface area contributed by atoms with Gasteiger partial charge in [-0.25, -0.2) is 0 Å². The molecule has 1 atom stereocenters. The van der Waals surface area contributed by atoms with Gasteiger partial charge in [-0.2, -0.15) is 0 Å². The standard InChI is InChI=1S/C16H28O2/c1-13(2)8-6-9-14(3)10-7-11-16(17)12-15(4)18-5/h7,10-11,13,15H,6,8-9,12H2,1-5H3/b11-7+,14-10+. The lowest BCUT2D eigenvalue weighted by Gasteiger charge is -2.05. The maximum absolute atomic E-state index is 11.5. The van der Waals surface area contributed by atoms with E-state index < -0.39 is 0 Å². The van der Waals surface area contributed by atoms with Gasteiger partial charge in [0.15, 0.2) is 5.78 Å². The molecule has 0 spiro atoms. The van der Waals surface area contributed by atoms with E-state index >= 15 is 0 Å². The fraction of sp³-hybridized carbons (Fsp3) is 0.688. The fourth-order valence-electron chi connectivity index (χ4n) is 1.63. The molecule has 0 N–H and O–H groups in total. The third-order valence-electron chi connectivity index (χ3n) is 2.91. The number of ether oxygens (including phenoxy) is 1. The predicted molar refractivity (Wildman–Crippen MR) is 77.7 cm³/mol. The highest BCUT2D eigenvalue weighted by Crippen LogP contribution is 2.11. The van der Waals surface area contributed by atoms with Gasteiger partial charge >= 0.3 is 0 Å². The average molecular weight is 252 g/mol. The summed E-state index contributed by atoms with van der Waals surface area (Å²) in [5, 5.41) is 0. The maximum atomic E-state index is 11.5. The van der Waals surface area contributed by atoms with Gasteiger partial charge in [0, 0.05) is 13.5 Å². The van der Waals surface area contributed by atoms with Gasteiger partial charge in [0.2, 0.25) is 0 Å². The molecule has 18 heavy (non-hydrogen) atoms. The van der Waals surface area contributed by atoms with E-state index in [0.717, 1.165) is 12.3 Å². The molecular weight excluding hydrogens is 224 g/mol. The van der Waals surface area contributed by atoms with Crippen molar-refractivity contribution in [2.24, 2.45) is 5.92 Å². The summed E-state index contributed by atoms with van der Waals surface area (Å²) in [4.78, 5) is 11.5. The van der Waals surface area contributed by atoms with Crippen LogP contribution < -0.4 is 0 Å². The molecule has 104 valence electrons. The Morgan fingerprint density at radius 1 is 1.28 bits per heavy atom. The molecule has 0 amide bonds. The molecule has 0 aliphatic carbocycles. The minimum atomic E-state index is -0.00160. The smallest absolute Gasteiger partial charge is 0.158 e. The zero-order valence-electron chi connectivity index (χ0n) is 12.5. The lowest BCUT2D eigenvalue weighted by molar-refractivity contribution is -0.116. The highest BCUT2D eigenvalue weighted by molar-refractivity contribution is 5.90. The summed E-state index contributed by atoms with van der Waals surface area (Å²) >= 11 is 0. The number of methoxy groups -OCH3 is 1. The summed E-state index contributed by atoms with van der Waals surface area (Å²) in [5.74, 6) is 0.890. The SMILES string of the molecule is COC(C)CC(=O)/C=C/C=C(\C)CCCC(C)C. The van der Waals surface area contributed by atoms with Gasteiger partial charge in [0.05, 0.1) is 6.10 Å². The molecule has 0 saturated heterocycles. The second-order valence-electron chi connectivity index (χ2n) is 5.37. The Morgan fingerprint density at radius 2 is 1.94 bits per heavy atom. The van der Waals surface area contributed by atoms with Gasteiger partial charge < -0.3 is 4.74 Å². The Labute approximate surface area is 112 Å². The Hall–Kier alpha value is -0.890. The molecule has 0 rings (SSSR count). The van der Waals surface area contributed by atoms with Gasteiger partial charge in [0.1, 0.15) is 0 Å². The lowest BCUT2D eigenvalue weighted by Crippen LogP contribution is -2.09. The molecule has 0 fully saturated rings. The summed E-state index contributed by atoms with van der Waals surface area (Å²) in [5.41, 5.74) is 1.33.